The quantitative estimate of drug-likeness (QED) is 0.751. The van der Waals surface area contributed by atoms with E-state index < -0.39 is 12.5 Å². The molecule has 7 heteroatoms. The fourth-order valence-corrected chi connectivity index (χ4v) is 1.91. The van der Waals surface area contributed by atoms with Gasteiger partial charge in [-0.3, -0.25) is 4.79 Å². The Morgan fingerprint density at radius 1 is 1.40 bits per heavy atom. The van der Waals surface area contributed by atoms with Crippen LogP contribution in [0, 0.1) is 0 Å². The number of hydrogen-bond donors (Lipinski definition) is 1. The molecule has 0 spiro atoms. The van der Waals surface area contributed by atoms with Gasteiger partial charge < -0.3 is 14.8 Å². The SMILES string of the molecule is COCC(CCCl)NC(=O)c1ccccc1OC(F)F. The lowest BCUT2D eigenvalue weighted by molar-refractivity contribution is -0.0501. The normalized spacial score (nSPS) is 12.2. The molecule has 20 heavy (non-hydrogen) atoms. The summed E-state index contributed by atoms with van der Waals surface area (Å²) >= 11 is 5.63. The van der Waals surface area contributed by atoms with Gasteiger partial charge in [0.25, 0.3) is 5.91 Å². The Kier molecular flexibility index (Phi) is 7.25. The van der Waals surface area contributed by atoms with Gasteiger partial charge >= 0.3 is 6.61 Å². The number of para-hydroxylation sites is 1. The number of amides is 1. The Hall–Kier alpha value is -1.40. The molecule has 0 saturated carbocycles. The van der Waals surface area contributed by atoms with Crippen molar-refractivity contribution in [3.63, 3.8) is 0 Å². The first-order valence-electron chi connectivity index (χ1n) is 5.98. The van der Waals surface area contributed by atoms with Crippen molar-refractivity contribution in [1.29, 1.82) is 0 Å². The van der Waals surface area contributed by atoms with Crippen LogP contribution in [0.5, 0.6) is 5.75 Å². The van der Waals surface area contributed by atoms with Crippen LogP contribution in [0.1, 0.15) is 16.8 Å². The summed E-state index contributed by atoms with van der Waals surface area (Å²) in [7, 11) is 1.50. The van der Waals surface area contributed by atoms with E-state index in [1.807, 2.05) is 0 Å². The highest BCUT2D eigenvalue weighted by Gasteiger charge is 2.18. The molecule has 0 aromatic heterocycles. The molecule has 1 unspecified atom stereocenters. The van der Waals surface area contributed by atoms with E-state index in [0.29, 0.717) is 12.3 Å². The predicted octanol–water partition coefficient (Wildman–Crippen LogP) is 2.66. The highest BCUT2D eigenvalue weighted by molar-refractivity contribution is 6.17. The van der Waals surface area contributed by atoms with Crippen molar-refractivity contribution in [3.05, 3.63) is 29.8 Å². The summed E-state index contributed by atoms with van der Waals surface area (Å²) in [4.78, 5) is 12.1. The summed E-state index contributed by atoms with van der Waals surface area (Å²) in [6.07, 6.45) is 0.513. The van der Waals surface area contributed by atoms with Crippen molar-refractivity contribution in [2.24, 2.45) is 0 Å². The van der Waals surface area contributed by atoms with Gasteiger partial charge in [-0.05, 0) is 18.6 Å². The molecule has 1 atom stereocenters. The van der Waals surface area contributed by atoms with Crippen molar-refractivity contribution in [1.82, 2.24) is 5.32 Å². The standard InChI is InChI=1S/C13H16ClF2NO3/c1-19-8-9(6-7-14)17-12(18)10-4-2-3-5-11(10)20-13(15)16/h2-5,9,13H,6-8H2,1H3,(H,17,18). The summed E-state index contributed by atoms with van der Waals surface area (Å²) in [5, 5.41) is 2.68. The van der Waals surface area contributed by atoms with E-state index in [-0.39, 0.29) is 24.0 Å². The van der Waals surface area contributed by atoms with E-state index in [1.165, 1.54) is 25.3 Å². The van der Waals surface area contributed by atoms with Crippen LogP contribution in [0.4, 0.5) is 8.78 Å². The molecule has 1 amide bonds. The molecule has 0 fully saturated rings. The van der Waals surface area contributed by atoms with E-state index in [2.05, 4.69) is 10.1 Å². The molecule has 0 aliphatic rings. The third-order valence-electron chi connectivity index (χ3n) is 2.51. The average Bonchev–Trinajstić information content (AvgIpc) is 2.39. The number of ether oxygens (including phenoxy) is 2. The van der Waals surface area contributed by atoms with Gasteiger partial charge in [0.15, 0.2) is 0 Å². The first-order chi connectivity index (χ1) is 9.58. The summed E-state index contributed by atoms with van der Waals surface area (Å²) < 4.78 is 33.8. The zero-order chi connectivity index (χ0) is 15.0. The Morgan fingerprint density at radius 2 is 2.10 bits per heavy atom. The van der Waals surface area contributed by atoms with Gasteiger partial charge in [-0.25, -0.2) is 0 Å². The van der Waals surface area contributed by atoms with E-state index in [1.54, 1.807) is 6.07 Å². The van der Waals surface area contributed by atoms with Crippen LogP contribution in [0.3, 0.4) is 0 Å². The molecule has 0 heterocycles. The zero-order valence-corrected chi connectivity index (χ0v) is 11.7. The topological polar surface area (TPSA) is 47.6 Å². The summed E-state index contributed by atoms with van der Waals surface area (Å²) in [5.74, 6) is -0.320. The van der Waals surface area contributed by atoms with E-state index >= 15 is 0 Å². The summed E-state index contributed by atoms with van der Waals surface area (Å²) in [6.45, 7) is -2.70. The number of carbonyl (C=O) groups is 1. The maximum absolute atomic E-state index is 12.3. The van der Waals surface area contributed by atoms with Crippen LogP contribution in [0.15, 0.2) is 24.3 Å². The van der Waals surface area contributed by atoms with Crippen LogP contribution >= 0.6 is 11.6 Å². The first-order valence-corrected chi connectivity index (χ1v) is 6.51. The minimum absolute atomic E-state index is 0.0449. The molecule has 1 aromatic carbocycles. The number of hydrogen-bond acceptors (Lipinski definition) is 3. The maximum Gasteiger partial charge on any atom is 0.387 e. The Balaban J connectivity index is 2.80. The smallest absolute Gasteiger partial charge is 0.387 e. The number of rotatable bonds is 8. The Labute approximate surface area is 121 Å². The molecular weight excluding hydrogens is 292 g/mol. The Bertz CT molecular complexity index is 426. The van der Waals surface area contributed by atoms with Crippen LogP contribution in [0.25, 0.3) is 0 Å². The molecule has 0 aliphatic heterocycles. The minimum Gasteiger partial charge on any atom is -0.434 e. The van der Waals surface area contributed by atoms with Gasteiger partial charge in [0.1, 0.15) is 5.75 Å². The van der Waals surface area contributed by atoms with Gasteiger partial charge in [0.05, 0.1) is 18.2 Å². The van der Waals surface area contributed by atoms with E-state index in [9.17, 15) is 13.6 Å². The third-order valence-corrected chi connectivity index (χ3v) is 2.73. The monoisotopic (exact) mass is 307 g/mol. The highest BCUT2D eigenvalue weighted by Crippen LogP contribution is 2.20. The lowest BCUT2D eigenvalue weighted by Crippen LogP contribution is -2.38. The van der Waals surface area contributed by atoms with E-state index in [0.717, 1.165) is 0 Å². The number of halogens is 3. The van der Waals surface area contributed by atoms with Gasteiger partial charge in [-0.15, -0.1) is 11.6 Å². The number of nitrogens with one attached hydrogen (secondary N) is 1. The second kappa shape index (κ2) is 8.71. The van der Waals surface area contributed by atoms with Gasteiger partial charge in [-0.2, -0.15) is 8.78 Å². The Morgan fingerprint density at radius 3 is 2.70 bits per heavy atom. The van der Waals surface area contributed by atoms with Crippen molar-refractivity contribution < 1.29 is 23.0 Å². The molecule has 4 nitrogen and oxygen atoms in total. The second-order valence-corrected chi connectivity index (χ2v) is 4.36. The molecule has 0 aliphatic carbocycles. The van der Waals surface area contributed by atoms with Crippen LogP contribution in [-0.2, 0) is 4.74 Å². The van der Waals surface area contributed by atoms with Crippen molar-refractivity contribution in [2.75, 3.05) is 19.6 Å². The largest absolute Gasteiger partial charge is 0.434 e. The summed E-state index contributed by atoms with van der Waals surface area (Å²) in [5.41, 5.74) is 0.0449. The lowest BCUT2D eigenvalue weighted by Gasteiger charge is -2.18. The molecule has 1 rings (SSSR count). The number of benzene rings is 1. The first kappa shape index (κ1) is 16.7. The second-order valence-electron chi connectivity index (χ2n) is 3.98. The number of methoxy groups -OCH3 is 1. The molecule has 1 N–H and O–H groups in total. The van der Waals surface area contributed by atoms with Gasteiger partial charge in [0.2, 0.25) is 0 Å². The average molecular weight is 308 g/mol. The number of carbonyl (C=O) groups excluding carboxylic acids is 1. The highest BCUT2D eigenvalue weighted by atomic mass is 35.5. The summed E-state index contributed by atoms with van der Waals surface area (Å²) in [6, 6.07) is 5.52. The maximum atomic E-state index is 12.3. The van der Waals surface area contributed by atoms with Crippen LogP contribution < -0.4 is 10.1 Å². The molecule has 112 valence electrons. The molecule has 0 bridgehead atoms. The van der Waals surface area contributed by atoms with Crippen molar-refractivity contribution in [2.45, 2.75) is 19.1 Å². The van der Waals surface area contributed by atoms with E-state index in [4.69, 9.17) is 16.3 Å². The van der Waals surface area contributed by atoms with Crippen molar-refractivity contribution in [3.8, 4) is 5.75 Å². The molecule has 0 radical (unpaired) electrons. The molecule has 0 saturated heterocycles. The van der Waals surface area contributed by atoms with Crippen LogP contribution in [-0.4, -0.2) is 38.2 Å². The van der Waals surface area contributed by atoms with Gasteiger partial charge in [0, 0.05) is 13.0 Å². The fraction of sp³-hybridized carbons (Fsp3) is 0.462. The minimum atomic E-state index is -2.98. The predicted molar refractivity (Wildman–Crippen MR) is 71.5 cm³/mol. The number of alkyl halides is 3. The lowest BCUT2D eigenvalue weighted by atomic mass is 10.1. The molecular formula is C13H16ClF2NO3. The zero-order valence-electron chi connectivity index (χ0n) is 10.9. The fourth-order valence-electron chi connectivity index (χ4n) is 1.65. The van der Waals surface area contributed by atoms with Crippen molar-refractivity contribution >= 4 is 17.5 Å². The van der Waals surface area contributed by atoms with Crippen LogP contribution in [0.2, 0.25) is 0 Å². The third kappa shape index (κ3) is 5.30. The van der Waals surface area contributed by atoms with Gasteiger partial charge in [-0.1, -0.05) is 12.1 Å². The molecule has 1 aromatic rings.